The smallest absolute Gasteiger partial charge is 0.186 e. The summed E-state index contributed by atoms with van der Waals surface area (Å²) >= 11 is 1.21. The van der Waals surface area contributed by atoms with Crippen LogP contribution in [0, 0.1) is 5.21 Å². The van der Waals surface area contributed by atoms with Crippen LogP contribution in [-0.2, 0) is 19.1 Å². The van der Waals surface area contributed by atoms with Crippen molar-refractivity contribution < 1.29 is 19.1 Å². The summed E-state index contributed by atoms with van der Waals surface area (Å²) in [6.07, 6.45) is -0.893. The number of rotatable bonds is 3. The van der Waals surface area contributed by atoms with E-state index in [1.807, 2.05) is 0 Å². The van der Waals surface area contributed by atoms with E-state index in [0.29, 0.717) is 6.61 Å². The highest BCUT2D eigenvalue weighted by molar-refractivity contribution is 8.14. The summed E-state index contributed by atoms with van der Waals surface area (Å²) < 4.78 is 10.9. The highest BCUT2D eigenvalue weighted by Gasteiger charge is 2.49. The van der Waals surface area contributed by atoms with Gasteiger partial charge in [-0.3, -0.25) is 9.63 Å². The molecule has 0 saturated carbocycles. The van der Waals surface area contributed by atoms with Crippen molar-refractivity contribution in [3.8, 4) is 0 Å². The first kappa shape index (κ1) is 11.3. The van der Waals surface area contributed by atoms with Crippen LogP contribution in [0.15, 0.2) is 0 Å². The molecule has 0 unspecified atom stereocenters. The Balaban J connectivity index is 1.93. The minimum absolute atomic E-state index is 0.00671. The van der Waals surface area contributed by atoms with Gasteiger partial charge in [0.2, 0.25) is 0 Å². The first-order chi connectivity index (χ1) is 7.22. The topological polar surface area (TPSA) is 81.9 Å². The zero-order chi connectivity index (χ0) is 10.8. The van der Waals surface area contributed by atoms with E-state index in [9.17, 15) is 10.0 Å². The van der Waals surface area contributed by atoms with Gasteiger partial charge >= 0.3 is 0 Å². The van der Waals surface area contributed by atoms with Gasteiger partial charge in [0.1, 0.15) is 18.3 Å². The second-order valence-corrected chi connectivity index (χ2v) is 4.88. The van der Waals surface area contributed by atoms with Crippen LogP contribution in [0.5, 0.6) is 0 Å². The van der Waals surface area contributed by atoms with Crippen LogP contribution in [0.1, 0.15) is 6.92 Å². The summed E-state index contributed by atoms with van der Waals surface area (Å²) in [5.41, 5.74) is 2.38. The zero-order valence-corrected chi connectivity index (χ0v) is 8.94. The van der Waals surface area contributed by atoms with Gasteiger partial charge in [-0.25, -0.2) is 0 Å². The molecule has 1 radical (unpaired) electrons. The lowest BCUT2D eigenvalue weighted by Crippen LogP contribution is -2.33. The molecule has 2 heterocycles. The Kier molecular flexibility index (Phi) is 3.60. The lowest BCUT2D eigenvalue weighted by atomic mass is 10.1. The number of hydrogen-bond acceptors (Lipinski definition) is 6. The van der Waals surface area contributed by atoms with E-state index in [1.165, 1.54) is 18.7 Å². The molecular weight excluding hydrogens is 222 g/mol. The highest BCUT2D eigenvalue weighted by Crippen LogP contribution is 2.34. The molecule has 0 aliphatic carbocycles. The Labute approximate surface area is 91.2 Å². The van der Waals surface area contributed by atoms with Gasteiger partial charge in [-0.05, 0) is 0 Å². The van der Waals surface area contributed by atoms with E-state index in [1.54, 1.807) is 0 Å². The lowest BCUT2D eigenvalue weighted by Gasteiger charge is -2.16. The van der Waals surface area contributed by atoms with E-state index in [2.05, 4.69) is 10.5 Å². The Morgan fingerprint density at radius 3 is 2.87 bits per heavy atom. The lowest BCUT2D eigenvalue weighted by molar-refractivity contribution is -0.109. The molecule has 6 nitrogen and oxygen atoms in total. The fourth-order valence-corrected chi connectivity index (χ4v) is 2.83. The predicted molar refractivity (Wildman–Crippen MR) is 51.9 cm³/mol. The molecule has 85 valence electrons. The van der Waals surface area contributed by atoms with Crippen LogP contribution >= 0.6 is 11.8 Å². The second-order valence-electron chi connectivity index (χ2n) is 3.46. The first-order valence-electron chi connectivity index (χ1n) is 4.61. The largest absolute Gasteiger partial charge is 0.747 e. The summed E-state index contributed by atoms with van der Waals surface area (Å²) in [5, 5.41) is 9.99. The third-order valence-electron chi connectivity index (χ3n) is 2.46. The van der Waals surface area contributed by atoms with E-state index < -0.39 is 6.10 Å². The summed E-state index contributed by atoms with van der Waals surface area (Å²) in [6, 6.07) is 0. The molecule has 2 rings (SSSR count). The minimum Gasteiger partial charge on any atom is -0.747 e. The van der Waals surface area contributed by atoms with Crippen LogP contribution in [0.3, 0.4) is 0 Å². The summed E-state index contributed by atoms with van der Waals surface area (Å²) in [7, 11) is 0. The van der Waals surface area contributed by atoms with E-state index in [-0.39, 0.29) is 29.2 Å². The molecule has 0 spiro atoms. The standard InChI is InChI=1S/C8H11NO5S/c1-4(10)15-6-3-13-7-5(14-9-11)2-12-8(6)7/h5-8H,2-3H2,1H3/q-1/t5-,6+,7-,8-/m1/s1. The van der Waals surface area contributed by atoms with Crippen molar-refractivity contribution in [2.75, 3.05) is 13.2 Å². The molecule has 0 amide bonds. The maximum absolute atomic E-state index is 10.9. The number of fused-ring (bicyclic) bond motifs is 1. The Bertz CT molecular complexity index is 251. The molecule has 0 bridgehead atoms. The average Bonchev–Trinajstić information content (AvgIpc) is 2.71. The minimum atomic E-state index is -0.440. The number of ether oxygens (including phenoxy) is 2. The quantitative estimate of drug-likeness (QED) is 0.630. The van der Waals surface area contributed by atoms with Gasteiger partial charge in [-0.15, -0.1) is 0 Å². The molecule has 0 aromatic heterocycles. The van der Waals surface area contributed by atoms with Gasteiger partial charge in [0.25, 0.3) is 0 Å². The molecule has 7 heteroatoms. The Hall–Kier alpha value is -0.180. The molecular formula is C8H11NO5S-. The van der Waals surface area contributed by atoms with Gasteiger partial charge in [-0.2, -0.15) is 5.64 Å². The SMILES string of the molecule is CC(=O)S[C@H]1CO[C@H]2[C@@H]1OC[C@H]2O[N][O-]. The van der Waals surface area contributed by atoms with Crippen molar-refractivity contribution in [1.29, 1.82) is 0 Å². The molecule has 2 aliphatic heterocycles. The molecule has 2 saturated heterocycles. The van der Waals surface area contributed by atoms with Crippen molar-refractivity contribution in [2.45, 2.75) is 30.5 Å². The van der Waals surface area contributed by atoms with Crippen LogP contribution in [-0.4, -0.2) is 41.9 Å². The van der Waals surface area contributed by atoms with Crippen molar-refractivity contribution in [3.63, 3.8) is 0 Å². The number of carbonyl (C=O) groups is 1. The molecule has 15 heavy (non-hydrogen) atoms. The maximum Gasteiger partial charge on any atom is 0.186 e. The normalized spacial score (nSPS) is 39.3. The van der Waals surface area contributed by atoms with Crippen molar-refractivity contribution >= 4 is 16.9 Å². The summed E-state index contributed by atoms with van der Waals surface area (Å²) in [4.78, 5) is 15.5. The third-order valence-corrected chi connectivity index (χ3v) is 3.50. The number of hydrogen-bond donors (Lipinski definition) is 0. The fraction of sp³-hybridized carbons (Fsp3) is 0.875. The predicted octanol–water partition coefficient (Wildman–Crippen LogP) is -0.165. The fourth-order valence-electron chi connectivity index (χ4n) is 1.89. The number of carbonyl (C=O) groups excluding carboxylic acids is 1. The number of nitrogens with zero attached hydrogens (tertiary/aromatic N) is 1. The molecule has 0 N–H and O–H groups in total. The molecule has 4 atom stereocenters. The van der Waals surface area contributed by atoms with Gasteiger partial charge < -0.3 is 14.7 Å². The molecule has 2 fully saturated rings. The molecule has 0 aromatic rings. The van der Waals surface area contributed by atoms with Crippen molar-refractivity contribution in [3.05, 3.63) is 5.21 Å². The summed E-state index contributed by atoms with van der Waals surface area (Å²) in [6.45, 7) is 2.24. The third kappa shape index (κ3) is 2.32. The average molecular weight is 233 g/mol. The number of thioether (sulfide) groups is 1. The van der Waals surface area contributed by atoms with Crippen LogP contribution < -0.4 is 5.64 Å². The van der Waals surface area contributed by atoms with Crippen LogP contribution in [0.2, 0.25) is 0 Å². The molecule has 2 aliphatic rings. The van der Waals surface area contributed by atoms with Crippen molar-refractivity contribution in [1.82, 2.24) is 5.64 Å². The zero-order valence-electron chi connectivity index (χ0n) is 8.12. The van der Waals surface area contributed by atoms with Crippen LogP contribution in [0.25, 0.3) is 0 Å². The van der Waals surface area contributed by atoms with Crippen molar-refractivity contribution in [2.24, 2.45) is 0 Å². The van der Waals surface area contributed by atoms with Gasteiger partial charge in [0.15, 0.2) is 5.12 Å². The van der Waals surface area contributed by atoms with E-state index in [4.69, 9.17) is 9.47 Å². The Morgan fingerprint density at radius 1 is 1.47 bits per heavy atom. The van der Waals surface area contributed by atoms with Gasteiger partial charge in [-0.1, -0.05) is 11.8 Å². The second kappa shape index (κ2) is 4.77. The van der Waals surface area contributed by atoms with Gasteiger partial charge in [0, 0.05) is 6.92 Å². The highest BCUT2D eigenvalue weighted by atomic mass is 32.2. The van der Waals surface area contributed by atoms with E-state index >= 15 is 0 Å². The maximum atomic E-state index is 10.9. The van der Waals surface area contributed by atoms with Gasteiger partial charge in [0.05, 0.1) is 18.5 Å². The molecule has 0 aromatic carbocycles. The van der Waals surface area contributed by atoms with Crippen LogP contribution in [0.4, 0.5) is 0 Å². The van der Waals surface area contributed by atoms with E-state index in [0.717, 1.165) is 0 Å². The summed E-state index contributed by atoms with van der Waals surface area (Å²) in [5.74, 6) is 0. The monoisotopic (exact) mass is 233 g/mol. The first-order valence-corrected chi connectivity index (χ1v) is 5.49. The Morgan fingerprint density at radius 2 is 2.20 bits per heavy atom.